The smallest absolute Gasteiger partial charge is 0.227 e. The van der Waals surface area contributed by atoms with Crippen molar-refractivity contribution in [2.75, 3.05) is 18.0 Å². The van der Waals surface area contributed by atoms with Crippen LogP contribution in [0, 0.1) is 19.8 Å². The number of carbonyl (C=O) groups excluding carboxylic acids is 2. The summed E-state index contributed by atoms with van der Waals surface area (Å²) in [6.45, 7) is 4.82. The maximum absolute atomic E-state index is 12.4. The van der Waals surface area contributed by atoms with Gasteiger partial charge in [-0.05, 0) is 49.1 Å². The highest BCUT2D eigenvalue weighted by Crippen LogP contribution is 2.27. The summed E-state index contributed by atoms with van der Waals surface area (Å²) in [4.78, 5) is 26.5. The van der Waals surface area contributed by atoms with Crippen molar-refractivity contribution in [2.24, 2.45) is 5.92 Å². The first-order valence-electron chi connectivity index (χ1n) is 9.34. The van der Waals surface area contributed by atoms with Crippen LogP contribution in [0.4, 0.5) is 5.69 Å². The second-order valence-electron chi connectivity index (χ2n) is 7.18. The lowest BCUT2D eigenvalue weighted by Gasteiger charge is -2.18. The minimum atomic E-state index is -0.608. The molecule has 142 valence electrons. The molecule has 1 heterocycles. The maximum Gasteiger partial charge on any atom is 0.227 e. The molecule has 0 bridgehead atoms. The molecular formula is C22H26N2O3. The van der Waals surface area contributed by atoms with E-state index in [9.17, 15) is 14.7 Å². The number of anilines is 1. The van der Waals surface area contributed by atoms with Crippen molar-refractivity contribution in [3.05, 3.63) is 65.2 Å². The van der Waals surface area contributed by atoms with E-state index in [1.165, 1.54) is 5.56 Å². The van der Waals surface area contributed by atoms with Crippen LogP contribution in [0.5, 0.6) is 0 Å². The second-order valence-corrected chi connectivity index (χ2v) is 7.18. The van der Waals surface area contributed by atoms with E-state index in [4.69, 9.17) is 0 Å². The molecule has 5 heteroatoms. The number of benzene rings is 2. The average molecular weight is 366 g/mol. The number of hydrogen-bond donors (Lipinski definition) is 2. The highest BCUT2D eigenvalue weighted by atomic mass is 16.3. The van der Waals surface area contributed by atoms with Gasteiger partial charge in [-0.2, -0.15) is 0 Å². The molecule has 1 saturated heterocycles. The van der Waals surface area contributed by atoms with E-state index in [-0.39, 0.29) is 24.2 Å². The number of hydrogen-bond acceptors (Lipinski definition) is 3. The standard InChI is InChI=1S/C22H26N2O3/c1-15-8-9-19(12-16(15)2)24-14-18(13-21(24)26)22(27)23-11-10-20(25)17-6-4-3-5-7-17/h3-9,12,18,20,25H,10-11,13-14H2,1-2H3,(H,23,27)/t18-,20-/m1/s1. The Bertz CT molecular complexity index is 820. The monoisotopic (exact) mass is 366 g/mol. The molecule has 27 heavy (non-hydrogen) atoms. The van der Waals surface area contributed by atoms with Gasteiger partial charge in [-0.15, -0.1) is 0 Å². The van der Waals surface area contributed by atoms with Crippen molar-refractivity contribution in [3.63, 3.8) is 0 Å². The molecule has 2 atom stereocenters. The summed E-state index contributed by atoms with van der Waals surface area (Å²) in [7, 11) is 0. The van der Waals surface area contributed by atoms with Gasteiger partial charge in [0.1, 0.15) is 0 Å². The van der Waals surface area contributed by atoms with E-state index in [0.29, 0.717) is 19.5 Å². The van der Waals surface area contributed by atoms with E-state index in [0.717, 1.165) is 16.8 Å². The number of amides is 2. The topological polar surface area (TPSA) is 69.6 Å². The Labute approximate surface area is 160 Å². The fourth-order valence-electron chi connectivity index (χ4n) is 3.34. The number of rotatable bonds is 6. The zero-order chi connectivity index (χ0) is 19.4. The quantitative estimate of drug-likeness (QED) is 0.826. The number of aliphatic hydroxyl groups is 1. The lowest BCUT2D eigenvalue weighted by Crippen LogP contribution is -2.34. The van der Waals surface area contributed by atoms with Crippen LogP contribution in [0.2, 0.25) is 0 Å². The lowest BCUT2D eigenvalue weighted by molar-refractivity contribution is -0.126. The van der Waals surface area contributed by atoms with Crippen LogP contribution in [0.1, 0.15) is 35.6 Å². The molecule has 2 N–H and O–H groups in total. The largest absolute Gasteiger partial charge is 0.388 e. The van der Waals surface area contributed by atoms with Gasteiger partial charge in [0.15, 0.2) is 0 Å². The maximum atomic E-state index is 12.4. The molecule has 0 aromatic heterocycles. The summed E-state index contributed by atoms with van der Waals surface area (Å²) in [5.41, 5.74) is 3.99. The first-order chi connectivity index (χ1) is 13.0. The Morgan fingerprint density at radius 2 is 1.93 bits per heavy atom. The van der Waals surface area contributed by atoms with Gasteiger partial charge in [-0.25, -0.2) is 0 Å². The van der Waals surface area contributed by atoms with Crippen LogP contribution >= 0.6 is 0 Å². The predicted molar refractivity (Wildman–Crippen MR) is 105 cm³/mol. The molecule has 0 saturated carbocycles. The van der Waals surface area contributed by atoms with Crippen LogP contribution < -0.4 is 10.2 Å². The Kier molecular flexibility index (Phi) is 5.91. The molecule has 3 rings (SSSR count). The van der Waals surface area contributed by atoms with Crippen LogP contribution in [0.3, 0.4) is 0 Å². The summed E-state index contributed by atoms with van der Waals surface area (Å²) in [6.07, 6.45) is 0.0563. The lowest BCUT2D eigenvalue weighted by atomic mass is 10.1. The van der Waals surface area contributed by atoms with Crippen LogP contribution in [0.25, 0.3) is 0 Å². The number of aryl methyl sites for hydroxylation is 2. The zero-order valence-electron chi connectivity index (χ0n) is 15.8. The fraction of sp³-hybridized carbons (Fsp3) is 0.364. The van der Waals surface area contributed by atoms with Crippen molar-refractivity contribution in [1.29, 1.82) is 0 Å². The summed E-state index contributed by atoms with van der Waals surface area (Å²) < 4.78 is 0. The van der Waals surface area contributed by atoms with Crippen LogP contribution in [-0.2, 0) is 9.59 Å². The molecule has 1 fully saturated rings. The van der Waals surface area contributed by atoms with Crippen LogP contribution in [0.15, 0.2) is 48.5 Å². The molecule has 2 aromatic carbocycles. The van der Waals surface area contributed by atoms with Gasteiger partial charge in [0, 0.05) is 25.2 Å². The number of nitrogens with zero attached hydrogens (tertiary/aromatic N) is 1. The minimum absolute atomic E-state index is 0.0253. The second kappa shape index (κ2) is 8.35. The molecule has 2 amide bonds. The molecule has 0 spiro atoms. The van der Waals surface area contributed by atoms with E-state index >= 15 is 0 Å². The van der Waals surface area contributed by atoms with Gasteiger partial charge in [0.25, 0.3) is 0 Å². The molecule has 5 nitrogen and oxygen atoms in total. The first kappa shape index (κ1) is 19.1. The van der Waals surface area contributed by atoms with Gasteiger partial charge in [-0.1, -0.05) is 36.4 Å². The highest BCUT2D eigenvalue weighted by molar-refractivity contribution is 6.00. The Morgan fingerprint density at radius 1 is 1.19 bits per heavy atom. The van der Waals surface area contributed by atoms with Gasteiger partial charge >= 0.3 is 0 Å². The third-order valence-electron chi connectivity index (χ3n) is 5.20. The number of nitrogens with one attached hydrogen (secondary N) is 1. The fourth-order valence-corrected chi connectivity index (χ4v) is 3.34. The normalized spacial score (nSPS) is 17.8. The van der Waals surface area contributed by atoms with Crippen molar-refractivity contribution in [2.45, 2.75) is 32.8 Å². The minimum Gasteiger partial charge on any atom is -0.388 e. The van der Waals surface area contributed by atoms with Gasteiger partial charge in [-0.3, -0.25) is 9.59 Å². The zero-order valence-corrected chi connectivity index (χ0v) is 15.8. The summed E-state index contributed by atoms with van der Waals surface area (Å²) in [6, 6.07) is 15.3. The van der Waals surface area contributed by atoms with Crippen molar-refractivity contribution in [3.8, 4) is 0 Å². The number of aliphatic hydroxyl groups excluding tert-OH is 1. The highest BCUT2D eigenvalue weighted by Gasteiger charge is 2.35. The molecule has 1 aliphatic rings. The van der Waals surface area contributed by atoms with Crippen LogP contribution in [-0.4, -0.2) is 30.0 Å². The molecule has 1 aliphatic heterocycles. The van der Waals surface area contributed by atoms with E-state index < -0.39 is 6.10 Å². The van der Waals surface area contributed by atoms with Gasteiger partial charge in [0.2, 0.25) is 11.8 Å². The first-order valence-corrected chi connectivity index (χ1v) is 9.34. The predicted octanol–water partition coefficient (Wildman–Crippen LogP) is 2.90. The van der Waals surface area contributed by atoms with Crippen molar-refractivity contribution in [1.82, 2.24) is 5.32 Å². The van der Waals surface area contributed by atoms with Crippen molar-refractivity contribution < 1.29 is 14.7 Å². The summed E-state index contributed by atoms with van der Waals surface area (Å²) in [5, 5.41) is 13.0. The Hall–Kier alpha value is -2.66. The third kappa shape index (κ3) is 4.55. The molecule has 0 radical (unpaired) electrons. The molecule has 0 unspecified atom stereocenters. The molecule has 0 aliphatic carbocycles. The summed E-state index contributed by atoms with van der Waals surface area (Å²) in [5.74, 6) is -0.509. The van der Waals surface area contributed by atoms with E-state index in [1.54, 1.807) is 4.90 Å². The molecule has 2 aromatic rings. The third-order valence-corrected chi connectivity index (χ3v) is 5.20. The van der Waals surface area contributed by atoms with E-state index in [2.05, 4.69) is 5.32 Å². The molecular weight excluding hydrogens is 340 g/mol. The van der Waals surface area contributed by atoms with Gasteiger partial charge < -0.3 is 15.3 Å². The average Bonchev–Trinajstić information content (AvgIpc) is 3.06. The Morgan fingerprint density at radius 3 is 2.63 bits per heavy atom. The SMILES string of the molecule is Cc1ccc(N2C[C@H](C(=O)NCC[C@@H](O)c3ccccc3)CC2=O)cc1C. The van der Waals surface area contributed by atoms with E-state index in [1.807, 2.05) is 62.4 Å². The van der Waals surface area contributed by atoms with Crippen molar-refractivity contribution >= 4 is 17.5 Å². The Balaban J connectivity index is 1.52. The number of carbonyl (C=O) groups is 2. The summed E-state index contributed by atoms with van der Waals surface area (Å²) >= 11 is 0. The van der Waals surface area contributed by atoms with Gasteiger partial charge in [0.05, 0.1) is 12.0 Å².